The lowest BCUT2D eigenvalue weighted by Gasteiger charge is -2.42. The number of hydrogen-bond donors (Lipinski definition) is 1. The molecule has 1 saturated heterocycles. The molecular weight excluding hydrogens is 272 g/mol. The first-order valence-corrected chi connectivity index (χ1v) is 9.03. The lowest BCUT2D eigenvalue weighted by atomic mass is 9.62. The van der Waals surface area contributed by atoms with Gasteiger partial charge in [-0.25, -0.2) is 0 Å². The van der Waals surface area contributed by atoms with Crippen LogP contribution in [0.2, 0.25) is 0 Å². The van der Waals surface area contributed by atoms with Crippen molar-refractivity contribution in [3.8, 4) is 0 Å². The first-order chi connectivity index (χ1) is 10.3. The van der Waals surface area contributed by atoms with E-state index in [1.165, 1.54) is 5.57 Å². The summed E-state index contributed by atoms with van der Waals surface area (Å²) in [5.74, 6) is 2.64. The molecular formula is C20H32O2. The zero-order valence-corrected chi connectivity index (χ0v) is 14.8. The minimum absolute atomic E-state index is 0.0263. The summed E-state index contributed by atoms with van der Waals surface area (Å²) >= 11 is 0. The normalized spacial score (nSPS) is 50.8. The summed E-state index contributed by atoms with van der Waals surface area (Å²) in [4.78, 5) is 0. The Bertz CT molecular complexity index is 474. The van der Waals surface area contributed by atoms with E-state index in [0.717, 1.165) is 19.3 Å². The van der Waals surface area contributed by atoms with Crippen LogP contribution in [0.25, 0.3) is 0 Å². The molecule has 1 aliphatic carbocycles. The van der Waals surface area contributed by atoms with E-state index < -0.39 is 5.60 Å². The maximum atomic E-state index is 11.1. The summed E-state index contributed by atoms with van der Waals surface area (Å²) in [7, 11) is 0. The monoisotopic (exact) mass is 304 g/mol. The number of fused-ring (bicyclic) bond motifs is 5. The van der Waals surface area contributed by atoms with Crippen LogP contribution in [0.5, 0.6) is 0 Å². The summed E-state index contributed by atoms with van der Waals surface area (Å²) in [5, 5.41) is 11.1. The minimum atomic E-state index is -0.725. The average molecular weight is 304 g/mol. The molecule has 3 aliphatic rings. The summed E-state index contributed by atoms with van der Waals surface area (Å²) in [6, 6.07) is 0. The van der Waals surface area contributed by atoms with Gasteiger partial charge in [-0.15, -0.1) is 0 Å². The van der Waals surface area contributed by atoms with Crippen LogP contribution in [0.3, 0.4) is 0 Å². The van der Waals surface area contributed by atoms with Crippen molar-refractivity contribution in [3.63, 3.8) is 0 Å². The molecule has 1 fully saturated rings. The van der Waals surface area contributed by atoms with Crippen molar-refractivity contribution >= 4 is 0 Å². The van der Waals surface area contributed by atoms with E-state index in [1.54, 1.807) is 0 Å². The number of aliphatic hydroxyl groups is 1. The fourth-order valence-corrected chi connectivity index (χ4v) is 5.09. The van der Waals surface area contributed by atoms with E-state index in [4.69, 9.17) is 4.74 Å². The second-order valence-electron chi connectivity index (χ2n) is 8.47. The Morgan fingerprint density at radius 1 is 1.27 bits per heavy atom. The Kier molecular flexibility index (Phi) is 4.28. The van der Waals surface area contributed by atoms with Crippen molar-refractivity contribution in [1.82, 2.24) is 0 Å². The SMILES string of the molecule is C/C1=C\CC[C@@](C)(O)[C@@H]2O[C@@H](C1)[C@@H]1[C@H]2[C@@H](C(C)C)C=C[C@H]1C. The van der Waals surface area contributed by atoms with Crippen LogP contribution in [0.15, 0.2) is 23.8 Å². The van der Waals surface area contributed by atoms with E-state index in [2.05, 4.69) is 45.9 Å². The van der Waals surface area contributed by atoms with E-state index >= 15 is 0 Å². The molecule has 124 valence electrons. The second kappa shape index (κ2) is 5.79. The third-order valence-electron chi connectivity index (χ3n) is 6.28. The van der Waals surface area contributed by atoms with Crippen LogP contribution >= 0.6 is 0 Å². The average Bonchev–Trinajstić information content (AvgIpc) is 2.80. The third kappa shape index (κ3) is 2.69. The molecule has 0 aromatic carbocycles. The highest BCUT2D eigenvalue weighted by Crippen LogP contribution is 2.52. The van der Waals surface area contributed by atoms with Crippen LogP contribution in [0.1, 0.15) is 53.9 Å². The fraction of sp³-hybridized carbons (Fsp3) is 0.800. The summed E-state index contributed by atoms with van der Waals surface area (Å²) < 4.78 is 6.53. The highest BCUT2D eigenvalue weighted by molar-refractivity contribution is 5.16. The zero-order chi connectivity index (χ0) is 16.1. The fourth-order valence-electron chi connectivity index (χ4n) is 5.09. The zero-order valence-electron chi connectivity index (χ0n) is 14.8. The van der Waals surface area contributed by atoms with Crippen molar-refractivity contribution < 1.29 is 9.84 Å². The van der Waals surface area contributed by atoms with Gasteiger partial charge in [-0.3, -0.25) is 0 Å². The summed E-state index contributed by atoms with van der Waals surface area (Å²) in [5.41, 5.74) is 0.696. The van der Waals surface area contributed by atoms with Crippen molar-refractivity contribution in [2.45, 2.75) is 71.7 Å². The van der Waals surface area contributed by atoms with Crippen molar-refractivity contribution in [2.75, 3.05) is 0 Å². The Labute approximate surface area is 135 Å². The molecule has 0 spiro atoms. The molecule has 0 unspecified atom stereocenters. The maximum absolute atomic E-state index is 11.1. The highest BCUT2D eigenvalue weighted by atomic mass is 16.5. The van der Waals surface area contributed by atoms with Gasteiger partial charge in [0.15, 0.2) is 0 Å². The van der Waals surface area contributed by atoms with Gasteiger partial charge in [-0.1, -0.05) is 44.6 Å². The maximum Gasteiger partial charge on any atom is 0.0900 e. The van der Waals surface area contributed by atoms with Gasteiger partial charge in [-0.2, -0.15) is 0 Å². The molecule has 1 N–H and O–H groups in total. The van der Waals surface area contributed by atoms with Crippen LogP contribution in [0, 0.1) is 29.6 Å². The van der Waals surface area contributed by atoms with Gasteiger partial charge in [0.05, 0.1) is 17.8 Å². The molecule has 2 heterocycles. The van der Waals surface area contributed by atoms with Crippen LogP contribution in [-0.2, 0) is 4.74 Å². The van der Waals surface area contributed by atoms with E-state index in [1.807, 2.05) is 6.92 Å². The van der Waals surface area contributed by atoms with Crippen molar-refractivity contribution in [2.24, 2.45) is 29.6 Å². The predicted molar refractivity (Wildman–Crippen MR) is 90.5 cm³/mol. The minimum Gasteiger partial charge on any atom is -0.387 e. The largest absolute Gasteiger partial charge is 0.387 e. The first kappa shape index (κ1) is 16.3. The number of allylic oxidation sites excluding steroid dienone is 3. The quantitative estimate of drug-likeness (QED) is 0.730. The molecule has 0 aromatic heterocycles. The highest BCUT2D eigenvalue weighted by Gasteiger charge is 2.56. The van der Waals surface area contributed by atoms with Gasteiger partial charge in [0.2, 0.25) is 0 Å². The van der Waals surface area contributed by atoms with Crippen LogP contribution in [-0.4, -0.2) is 22.9 Å². The van der Waals surface area contributed by atoms with Crippen LogP contribution in [0.4, 0.5) is 0 Å². The third-order valence-corrected chi connectivity index (χ3v) is 6.28. The first-order valence-electron chi connectivity index (χ1n) is 9.03. The molecule has 2 bridgehead atoms. The molecule has 22 heavy (non-hydrogen) atoms. The Hall–Kier alpha value is -0.600. The van der Waals surface area contributed by atoms with E-state index in [0.29, 0.717) is 29.6 Å². The molecule has 3 rings (SSSR count). The van der Waals surface area contributed by atoms with Gasteiger partial charge in [0.1, 0.15) is 0 Å². The van der Waals surface area contributed by atoms with Crippen LogP contribution < -0.4 is 0 Å². The van der Waals surface area contributed by atoms with Gasteiger partial charge in [0.25, 0.3) is 0 Å². The molecule has 0 radical (unpaired) electrons. The number of ether oxygens (including phenoxy) is 1. The Morgan fingerprint density at radius 2 is 2.00 bits per heavy atom. The molecule has 7 atom stereocenters. The van der Waals surface area contributed by atoms with Gasteiger partial charge in [-0.05, 0) is 56.8 Å². The lowest BCUT2D eigenvalue weighted by molar-refractivity contribution is -0.113. The van der Waals surface area contributed by atoms with Gasteiger partial charge < -0.3 is 9.84 Å². The van der Waals surface area contributed by atoms with Gasteiger partial charge in [0, 0.05) is 5.92 Å². The summed E-state index contributed by atoms with van der Waals surface area (Å²) in [6.45, 7) is 11.1. The molecule has 2 nitrogen and oxygen atoms in total. The second-order valence-corrected chi connectivity index (χ2v) is 8.47. The number of rotatable bonds is 1. The predicted octanol–water partition coefficient (Wildman–Crippen LogP) is 4.35. The lowest BCUT2D eigenvalue weighted by Crippen LogP contribution is -2.47. The van der Waals surface area contributed by atoms with Gasteiger partial charge >= 0.3 is 0 Å². The standard InChI is InChI=1S/C20H32O2/c1-12(2)15-9-8-14(4)17-16-11-13(3)7-6-10-20(5,21)19(22-16)18(15)17/h7-9,12,14-19,21H,6,10-11H2,1-5H3/b13-7+/t14-,15-,16+,17-,18-,19-,20-/m1/s1. The molecule has 0 saturated carbocycles. The van der Waals surface area contributed by atoms with Crippen molar-refractivity contribution in [3.05, 3.63) is 23.8 Å². The molecule has 0 aromatic rings. The molecule has 2 heteroatoms. The Morgan fingerprint density at radius 3 is 2.68 bits per heavy atom. The van der Waals surface area contributed by atoms with E-state index in [9.17, 15) is 5.11 Å². The smallest absolute Gasteiger partial charge is 0.0900 e. The summed E-state index contributed by atoms with van der Waals surface area (Å²) in [6.07, 6.45) is 10.1. The Balaban J connectivity index is 2.03. The van der Waals surface area contributed by atoms with E-state index in [-0.39, 0.29) is 12.2 Å². The van der Waals surface area contributed by atoms with Crippen molar-refractivity contribution in [1.29, 1.82) is 0 Å². The molecule has 2 aliphatic heterocycles. The number of hydrogen-bond acceptors (Lipinski definition) is 2. The topological polar surface area (TPSA) is 29.5 Å². The molecule has 0 amide bonds.